The van der Waals surface area contributed by atoms with E-state index >= 15 is 0 Å². The van der Waals surface area contributed by atoms with Gasteiger partial charge >= 0.3 is 0 Å². The molecule has 2 atom stereocenters. The first-order valence-electron chi connectivity index (χ1n) is 8.85. The van der Waals surface area contributed by atoms with Gasteiger partial charge in [-0.3, -0.25) is 4.79 Å². The Morgan fingerprint density at radius 3 is 2.46 bits per heavy atom. The van der Waals surface area contributed by atoms with Gasteiger partial charge in [0.2, 0.25) is 0 Å². The average molecular weight is 351 g/mol. The number of rotatable bonds is 6. The number of halogens is 1. The maximum atomic E-state index is 13.0. The first kappa shape index (κ1) is 18.1. The predicted molar refractivity (Wildman–Crippen MR) is 102 cm³/mol. The van der Waals surface area contributed by atoms with Crippen molar-refractivity contribution in [2.45, 2.75) is 19.5 Å². The van der Waals surface area contributed by atoms with Crippen LogP contribution in [0.3, 0.4) is 0 Å². The molecule has 0 radical (unpaired) electrons. The second-order valence-electron chi connectivity index (χ2n) is 6.83. The summed E-state index contributed by atoms with van der Waals surface area (Å²) >= 11 is 0. The van der Waals surface area contributed by atoms with Crippen LogP contribution in [0.2, 0.25) is 0 Å². The van der Waals surface area contributed by atoms with E-state index < -0.39 is 0 Å². The van der Waals surface area contributed by atoms with Crippen molar-refractivity contribution in [3.63, 3.8) is 0 Å². The van der Waals surface area contributed by atoms with Crippen molar-refractivity contribution in [2.75, 3.05) is 13.6 Å². The van der Waals surface area contributed by atoms with Crippen molar-refractivity contribution >= 4 is 16.7 Å². The molecule has 26 heavy (non-hydrogen) atoms. The minimum absolute atomic E-state index is 0.00488. The summed E-state index contributed by atoms with van der Waals surface area (Å²) in [5.41, 5.74) is 2.10. The van der Waals surface area contributed by atoms with Crippen LogP contribution in [0.5, 0.6) is 0 Å². The molecular formula is C22H24FN2O+. The van der Waals surface area contributed by atoms with Gasteiger partial charge in [0.1, 0.15) is 12.4 Å². The van der Waals surface area contributed by atoms with Gasteiger partial charge in [0.15, 0.2) is 6.54 Å². The van der Waals surface area contributed by atoms with Gasteiger partial charge in [0.05, 0.1) is 13.1 Å². The SMILES string of the molecule is C[C@H](NC(=O)C[NH+](C)Cc1ccc(F)cc1)c1ccc2ccccc2c1. The van der Waals surface area contributed by atoms with E-state index in [4.69, 9.17) is 0 Å². The minimum Gasteiger partial charge on any atom is -0.345 e. The molecule has 3 aromatic carbocycles. The quantitative estimate of drug-likeness (QED) is 0.703. The lowest BCUT2D eigenvalue weighted by atomic mass is 10.0. The fourth-order valence-electron chi connectivity index (χ4n) is 3.14. The van der Waals surface area contributed by atoms with E-state index in [0.29, 0.717) is 13.1 Å². The van der Waals surface area contributed by atoms with Gasteiger partial charge < -0.3 is 10.2 Å². The number of quaternary nitrogens is 1. The molecule has 2 N–H and O–H groups in total. The summed E-state index contributed by atoms with van der Waals surface area (Å²) in [6.07, 6.45) is 0. The molecule has 0 aliphatic rings. The lowest BCUT2D eigenvalue weighted by molar-refractivity contribution is -0.885. The summed E-state index contributed by atoms with van der Waals surface area (Å²) in [5, 5.41) is 5.43. The lowest BCUT2D eigenvalue weighted by Gasteiger charge is -2.18. The van der Waals surface area contributed by atoms with E-state index in [1.165, 1.54) is 22.9 Å². The molecule has 1 unspecified atom stereocenters. The first-order valence-corrected chi connectivity index (χ1v) is 8.85. The van der Waals surface area contributed by atoms with E-state index in [-0.39, 0.29) is 17.8 Å². The second kappa shape index (κ2) is 8.11. The Balaban J connectivity index is 1.56. The van der Waals surface area contributed by atoms with Gasteiger partial charge in [0, 0.05) is 5.56 Å². The molecule has 0 saturated carbocycles. The summed E-state index contributed by atoms with van der Waals surface area (Å²) in [6.45, 7) is 3.05. The Kier molecular flexibility index (Phi) is 5.64. The van der Waals surface area contributed by atoms with E-state index in [2.05, 4.69) is 35.6 Å². The highest BCUT2D eigenvalue weighted by Gasteiger charge is 2.14. The highest BCUT2D eigenvalue weighted by Crippen LogP contribution is 2.20. The number of amides is 1. The number of nitrogens with one attached hydrogen (secondary N) is 2. The van der Waals surface area contributed by atoms with Crippen LogP contribution < -0.4 is 10.2 Å². The fourth-order valence-corrected chi connectivity index (χ4v) is 3.14. The van der Waals surface area contributed by atoms with Crippen LogP contribution in [-0.4, -0.2) is 19.5 Å². The fraction of sp³-hybridized carbons (Fsp3) is 0.227. The molecule has 0 spiro atoms. The average Bonchev–Trinajstić information content (AvgIpc) is 2.63. The molecule has 3 nitrogen and oxygen atoms in total. The molecule has 0 aromatic heterocycles. The molecule has 0 aliphatic carbocycles. The molecule has 0 heterocycles. The van der Waals surface area contributed by atoms with Crippen LogP contribution in [0.15, 0.2) is 66.7 Å². The van der Waals surface area contributed by atoms with Crippen molar-refractivity contribution in [3.8, 4) is 0 Å². The van der Waals surface area contributed by atoms with E-state index in [0.717, 1.165) is 16.0 Å². The number of carbonyl (C=O) groups is 1. The molecule has 4 heteroatoms. The smallest absolute Gasteiger partial charge is 0.275 e. The van der Waals surface area contributed by atoms with Crippen LogP contribution in [0.1, 0.15) is 24.1 Å². The Morgan fingerprint density at radius 2 is 1.73 bits per heavy atom. The van der Waals surface area contributed by atoms with Crippen LogP contribution in [-0.2, 0) is 11.3 Å². The topological polar surface area (TPSA) is 33.5 Å². The standard InChI is InChI=1S/C22H23FN2O/c1-16(19-10-9-18-5-3-4-6-20(18)13-19)24-22(26)15-25(2)14-17-7-11-21(23)12-8-17/h3-13,16H,14-15H2,1-2H3,(H,24,26)/p+1/t16-/m0/s1. The Bertz CT molecular complexity index is 892. The van der Waals surface area contributed by atoms with Crippen molar-refractivity contribution in [3.05, 3.63) is 83.7 Å². The number of fused-ring (bicyclic) bond motifs is 1. The van der Waals surface area contributed by atoms with Gasteiger partial charge in [-0.05, 0) is 41.5 Å². The molecule has 3 rings (SSSR count). The Hall–Kier alpha value is -2.72. The van der Waals surface area contributed by atoms with Crippen molar-refractivity contribution < 1.29 is 14.1 Å². The molecule has 134 valence electrons. The van der Waals surface area contributed by atoms with E-state index in [9.17, 15) is 9.18 Å². The van der Waals surface area contributed by atoms with Crippen molar-refractivity contribution in [2.24, 2.45) is 0 Å². The van der Waals surface area contributed by atoms with Crippen molar-refractivity contribution in [1.82, 2.24) is 5.32 Å². The maximum Gasteiger partial charge on any atom is 0.275 e. The van der Waals surface area contributed by atoms with Gasteiger partial charge in [-0.1, -0.05) is 48.5 Å². The second-order valence-corrected chi connectivity index (χ2v) is 6.83. The first-order chi connectivity index (χ1) is 12.5. The number of carbonyl (C=O) groups excluding carboxylic acids is 1. The summed E-state index contributed by atoms with van der Waals surface area (Å²) < 4.78 is 13.0. The zero-order valence-corrected chi connectivity index (χ0v) is 15.1. The summed E-state index contributed by atoms with van der Waals surface area (Å²) in [6, 6.07) is 20.8. The number of hydrogen-bond donors (Lipinski definition) is 2. The van der Waals surface area contributed by atoms with E-state index in [1.54, 1.807) is 12.1 Å². The van der Waals surface area contributed by atoms with Crippen LogP contribution in [0, 0.1) is 5.82 Å². The molecule has 0 bridgehead atoms. The Morgan fingerprint density at radius 1 is 1.04 bits per heavy atom. The summed E-state index contributed by atoms with van der Waals surface area (Å²) in [5.74, 6) is -0.237. The van der Waals surface area contributed by atoms with Crippen LogP contribution >= 0.6 is 0 Å². The highest BCUT2D eigenvalue weighted by molar-refractivity contribution is 5.83. The summed E-state index contributed by atoms with van der Waals surface area (Å²) in [7, 11) is 1.96. The van der Waals surface area contributed by atoms with Crippen molar-refractivity contribution in [1.29, 1.82) is 0 Å². The molecular weight excluding hydrogens is 327 g/mol. The van der Waals surface area contributed by atoms with Crippen LogP contribution in [0.4, 0.5) is 4.39 Å². The molecule has 0 saturated heterocycles. The number of benzene rings is 3. The Labute approximate surface area is 153 Å². The summed E-state index contributed by atoms with van der Waals surface area (Å²) in [4.78, 5) is 13.4. The maximum absolute atomic E-state index is 13.0. The number of likely N-dealkylation sites (N-methyl/N-ethyl adjacent to an activating group) is 1. The predicted octanol–water partition coefficient (Wildman–Crippen LogP) is 2.87. The number of hydrogen-bond acceptors (Lipinski definition) is 1. The third kappa shape index (κ3) is 4.67. The molecule has 0 aliphatic heterocycles. The largest absolute Gasteiger partial charge is 0.345 e. The monoisotopic (exact) mass is 351 g/mol. The molecule has 1 amide bonds. The zero-order valence-electron chi connectivity index (χ0n) is 15.1. The van der Waals surface area contributed by atoms with Crippen LogP contribution in [0.25, 0.3) is 10.8 Å². The van der Waals surface area contributed by atoms with Gasteiger partial charge in [-0.15, -0.1) is 0 Å². The van der Waals surface area contributed by atoms with Gasteiger partial charge in [-0.2, -0.15) is 0 Å². The third-order valence-corrected chi connectivity index (χ3v) is 4.53. The molecule has 0 fully saturated rings. The zero-order chi connectivity index (χ0) is 18.5. The lowest BCUT2D eigenvalue weighted by Crippen LogP contribution is -3.08. The van der Waals surface area contributed by atoms with Gasteiger partial charge in [-0.25, -0.2) is 4.39 Å². The minimum atomic E-state index is -0.242. The third-order valence-electron chi connectivity index (χ3n) is 4.53. The van der Waals surface area contributed by atoms with Gasteiger partial charge in [0.25, 0.3) is 5.91 Å². The normalized spacial score (nSPS) is 13.3. The highest BCUT2D eigenvalue weighted by atomic mass is 19.1. The molecule has 3 aromatic rings. The van der Waals surface area contributed by atoms with E-state index in [1.807, 2.05) is 26.1 Å².